The van der Waals surface area contributed by atoms with Gasteiger partial charge in [-0.25, -0.2) is 0 Å². The number of nitrogens with zero attached hydrogens (tertiary/aromatic N) is 1. The quantitative estimate of drug-likeness (QED) is 0.801. The monoisotopic (exact) mass is 222 g/mol. The first-order chi connectivity index (χ1) is 7.63. The highest BCUT2D eigenvalue weighted by molar-refractivity contribution is 5.77. The van der Waals surface area contributed by atoms with Crippen molar-refractivity contribution >= 4 is 5.91 Å². The van der Waals surface area contributed by atoms with Gasteiger partial charge in [-0.3, -0.25) is 4.79 Å². The van der Waals surface area contributed by atoms with E-state index >= 15 is 0 Å². The lowest BCUT2D eigenvalue weighted by molar-refractivity contribution is -0.128. The van der Waals surface area contributed by atoms with Crippen LogP contribution in [-0.4, -0.2) is 37.6 Å². The van der Waals surface area contributed by atoms with Crippen molar-refractivity contribution in [3.05, 3.63) is 29.8 Å². The molecule has 0 radical (unpaired) electrons. The van der Waals surface area contributed by atoms with E-state index in [0.717, 1.165) is 5.75 Å². The fourth-order valence-corrected chi connectivity index (χ4v) is 1.22. The van der Waals surface area contributed by atoms with E-state index in [4.69, 9.17) is 10.5 Å². The number of hydrogen-bond acceptors (Lipinski definition) is 3. The molecule has 1 aromatic carbocycles. The largest absolute Gasteiger partial charge is 0.492 e. The van der Waals surface area contributed by atoms with Gasteiger partial charge in [0.15, 0.2) is 0 Å². The summed E-state index contributed by atoms with van der Waals surface area (Å²) in [6, 6.07) is 7.81. The molecule has 0 atom stereocenters. The molecule has 16 heavy (non-hydrogen) atoms. The van der Waals surface area contributed by atoms with Crippen molar-refractivity contribution in [2.45, 2.75) is 6.92 Å². The van der Waals surface area contributed by atoms with Gasteiger partial charge in [-0.15, -0.1) is 0 Å². The fraction of sp³-hybridized carbons (Fsp3) is 0.417. The Morgan fingerprint density at radius 1 is 1.38 bits per heavy atom. The van der Waals surface area contributed by atoms with Gasteiger partial charge in [0.25, 0.3) is 0 Å². The number of benzene rings is 1. The van der Waals surface area contributed by atoms with E-state index in [1.807, 2.05) is 31.2 Å². The van der Waals surface area contributed by atoms with Crippen LogP contribution in [0.4, 0.5) is 0 Å². The van der Waals surface area contributed by atoms with Crippen LogP contribution in [0.2, 0.25) is 0 Å². The van der Waals surface area contributed by atoms with E-state index in [1.165, 1.54) is 5.56 Å². The maximum atomic E-state index is 11.1. The maximum Gasteiger partial charge on any atom is 0.236 e. The molecule has 4 nitrogen and oxygen atoms in total. The van der Waals surface area contributed by atoms with E-state index in [0.29, 0.717) is 13.2 Å². The minimum Gasteiger partial charge on any atom is -0.492 e. The molecule has 0 heterocycles. The lowest BCUT2D eigenvalue weighted by Crippen LogP contribution is -2.35. The smallest absolute Gasteiger partial charge is 0.236 e. The molecule has 0 saturated carbocycles. The molecule has 0 aromatic heterocycles. The summed E-state index contributed by atoms with van der Waals surface area (Å²) in [4.78, 5) is 12.7. The number of carbonyl (C=O) groups excluding carboxylic acids is 1. The Hall–Kier alpha value is -1.55. The van der Waals surface area contributed by atoms with Crippen molar-refractivity contribution in [2.75, 3.05) is 26.7 Å². The third kappa shape index (κ3) is 3.90. The minimum atomic E-state index is -0.0764. The van der Waals surface area contributed by atoms with Crippen molar-refractivity contribution in [3.8, 4) is 5.75 Å². The zero-order valence-electron chi connectivity index (χ0n) is 9.77. The van der Waals surface area contributed by atoms with E-state index in [2.05, 4.69) is 0 Å². The van der Waals surface area contributed by atoms with Crippen molar-refractivity contribution in [3.63, 3.8) is 0 Å². The number of hydrogen-bond donors (Lipinski definition) is 1. The average Bonchev–Trinajstić information content (AvgIpc) is 2.30. The van der Waals surface area contributed by atoms with E-state index in [-0.39, 0.29) is 12.5 Å². The zero-order chi connectivity index (χ0) is 12.0. The molecule has 1 amide bonds. The van der Waals surface area contributed by atoms with Crippen LogP contribution in [-0.2, 0) is 4.79 Å². The molecule has 1 aromatic rings. The first kappa shape index (κ1) is 12.5. The third-order valence-electron chi connectivity index (χ3n) is 2.32. The molecular weight excluding hydrogens is 204 g/mol. The van der Waals surface area contributed by atoms with Gasteiger partial charge in [0.2, 0.25) is 5.91 Å². The Balaban J connectivity index is 2.30. The number of ether oxygens (including phenoxy) is 1. The summed E-state index contributed by atoms with van der Waals surface area (Å²) in [5.74, 6) is 0.742. The standard InChI is InChI=1S/C12H18N2O2/c1-10-3-5-11(6-4-10)16-8-7-14(2)12(15)9-13/h3-6H,7-9,13H2,1-2H3. The van der Waals surface area contributed by atoms with Crippen molar-refractivity contribution in [1.82, 2.24) is 4.90 Å². The number of carbonyl (C=O) groups is 1. The SMILES string of the molecule is Cc1ccc(OCCN(C)C(=O)CN)cc1. The number of likely N-dealkylation sites (N-methyl/N-ethyl adjacent to an activating group) is 1. The van der Waals surface area contributed by atoms with E-state index in [9.17, 15) is 4.79 Å². The molecule has 0 bridgehead atoms. The predicted octanol–water partition coefficient (Wildman–Crippen LogP) is 0.791. The van der Waals surface area contributed by atoms with Gasteiger partial charge in [0, 0.05) is 7.05 Å². The van der Waals surface area contributed by atoms with Crippen molar-refractivity contribution < 1.29 is 9.53 Å². The first-order valence-corrected chi connectivity index (χ1v) is 5.27. The Morgan fingerprint density at radius 3 is 2.56 bits per heavy atom. The molecule has 0 spiro atoms. The summed E-state index contributed by atoms with van der Waals surface area (Å²) in [5, 5.41) is 0. The number of amides is 1. The Bertz CT molecular complexity index is 335. The minimum absolute atomic E-state index is 0.0427. The van der Waals surface area contributed by atoms with Crippen LogP contribution in [0, 0.1) is 6.92 Å². The van der Waals surface area contributed by atoms with E-state index in [1.54, 1.807) is 11.9 Å². The van der Waals surface area contributed by atoms with Gasteiger partial charge in [-0.2, -0.15) is 0 Å². The summed E-state index contributed by atoms with van der Waals surface area (Å²) in [5.41, 5.74) is 6.44. The van der Waals surface area contributed by atoms with Gasteiger partial charge >= 0.3 is 0 Å². The zero-order valence-corrected chi connectivity index (χ0v) is 9.77. The molecule has 1 rings (SSSR count). The molecular formula is C12H18N2O2. The highest BCUT2D eigenvalue weighted by Gasteiger charge is 2.05. The molecule has 2 N–H and O–H groups in total. The Kier molecular flexibility index (Phi) is 4.79. The van der Waals surface area contributed by atoms with Gasteiger partial charge in [-0.1, -0.05) is 17.7 Å². The molecule has 4 heteroatoms. The predicted molar refractivity (Wildman–Crippen MR) is 63.4 cm³/mol. The van der Waals surface area contributed by atoms with E-state index < -0.39 is 0 Å². The maximum absolute atomic E-state index is 11.1. The molecule has 0 saturated heterocycles. The van der Waals surface area contributed by atoms with Gasteiger partial charge in [0.1, 0.15) is 12.4 Å². The second-order valence-corrected chi connectivity index (χ2v) is 3.68. The molecule has 0 aliphatic heterocycles. The van der Waals surface area contributed by atoms with Crippen molar-refractivity contribution in [1.29, 1.82) is 0 Å². The summed E-state index contributed by atoms with van der Waals surface area (Å²) in [6.45, 7) is 3.09. The van der Waals surface area contributed by atoms with Crippen LogP contribution in [0.5, 0.6) is 5.75 Å². The Labute approximate surface area is 96.0 Å². The Morgan fingerprint density at radius 2 is 2.00 bits per heavy atom. The number of aryl methyl sites for hydroxylation is 1. The van der Waals surface area contributed by atoms with Gasteiger partial charge in [0.05, 0.1) is 13.1 Å². The normalized spacial score (nSPS) is 9.94. The van der Waals surface area contributed by atoms with Crippen LogP contribution >= 0.6 is 0 Å². The van der Waals surface area contributed by atoms with Crippen molar-refractivity contribution in [2.24, 2.45) is 5.73 Å². The van der Waals surface area contributed by atoms with Crippen LogP contribution in [0.15, 0.2) is 24.3 Å². The summed E-state index contributed by atoms with van der Waals surface area (Å²) < 4.78 is 5.49. The molecule has 0 fully saturated rings. The van der Waals surface area contributed by atoms with Crippen LogP contribution < -0.4 is 10.5 Å². The fourth-order valence-electron chi connectivity index (χ4n) is 1.22. The van der Waals surface area contributed by atoms with Gasteiger partial charge < -0.3 is 15.4 Å². The van der Waals surface area contributed by atoms with Crippen LogP contribution in [0.25, 0.3) is 0 Å². The number of nitrogens with two attached hydrogens (primary N) is 1. The lowest BCUT2D eigenvalue weighted by atomic mass is 10.2. The molecule has 0 aliphatic rings. The highest BCUT2D eigenvalue weighted by Crippen LogP contribution is 2.10. The van der Waals surface area contributed by atoms with Gasteiger partial charge in [-0.05, 0) is 19.1 Å². The lowest BCUT2D eigenvalue weighted by Gasteiger charge is -2.16. The number of rotatable bonds is 5. The topological polar surface area (TPSA) is 55.6 Å². The average molecular weight is 222 g/mol. The molecule has 0 aliphatic carbocycles. The third-order valence-corrected chi connectivity index (χ3v) is 2.32. The summed E-state index contributed by atoms with van der Waals surface area (Å²) >= 11 is 0. The first-order valence-electron chi connectivity index (χ1n) is 5.27. The van der Waals surface area contributed by atoms with Crippen LogP contribution in [0.1, 0.15) is 5.56 Å². The molecule has 0 unspecified atom stereocenters. The highest BCUT2D eigenvalue weighted by atomic mass is 16.5. The molecule has 88 valence electrons. The summed E-state index contributed by atoms with van der Waals surface area (Å²) in [6.07, 6.45) is 0. The van der Waals surface area contributed by atoms with Crippen LogP contribution in [0.3, 0.4) is 0 Å². The second-order valence-electron chi connectivity index (χ2n) is 3.68. The second kappa shape index (κ2) is 6.12. The summed E-state index contributed by atoms with van der Waals surface area (Å²) in [7, 11) is 1.72.